The van der Waals surface area contributed by atoms with Crippen LogP contribution in [0, 0.1) is 5.92 Å². The fourth-order valence-electron chi connectivity index (χ4n) is 4.27. The normalized spacial score (nSPS) is 19.8. The van der Waals surface area contributed by atoms with Crippen LogP contribution in [0.5, 0.6) is 5.75 Å². The van der Waals surface area contributed by atoms with Crippen molar-refractivity contribution in [2.75, 3.05) is 24.1 Å². The Bertz CT molecular complexity index is 1040. The van der Waals surface area contributed by atoms with Gasteiger partial charge in [-0.2, -0.15) is 0 Å². The molecule has 0 spiro atoms. The van der Waals surface area contributed by atoms with Gasteiger partial charge in [0.15, 0.2) is 0 Å². The highest BCUT2D eigenvalue weighted by Gasteiger charge is 2.34. The lowest BCUT2D eigenvalue weighted by Crippen LogP contribution is -2.42. The number of anilines is 1. The number of aliphatic hydroxyl groups excluding tert-OH is 1. The van der Waals surface area contributed by atoms with Crippen LogP contribution < -0.4 is 9.04 Å². The zero-order chi connectivity index (χ0) is 22.0. The predicted octanol–water partition coefficient (Wildman–Crippen LogP) is 4.28. The van der Waals surface area contributed by atoms with E-state index in [1.54, 1.807) is 12.1 Å². The van der Waals surface area contributed by atoms with Gasteiger partial charge in [-0.1, -0.05) is 15.9 Å². The summed E-state index contributed by atoms with van der Waals surface area (Å²) >= 11 is 3.47. The summed E-state index contributed by atoms with van der Waals surface area (Å²) in [6.07, 6.45) is 3.48. The van der Waals surface area contributed by atoms with Crippen molar-refractivity contribution in [2.24, 2.45) is 5.92 Å². The van der Waals surface area contributed by atoms with Gasteiger partial charge in [-0.25, -0.2) is 8.42 Å². The van der Waals surface area contributed by atoms with Gasteiger partial charge in [0, 0.05) is 29.3 Å². The largest absolute Gasteiger partial charge is 0.493 e. The molecule has 2 aromatic carbocycles. The highest BCUT2D eigenvalue weighted by atomic mass is 79.9. The van der Waals surface area contributed by atoms with Gasteiger partial charge in [0.1, 0.15) is 5.75 Å². The molecule has 1 N–H and O–H groups in total. The maximum atomic E-state index is 13.6. The molecular weight excluding hydrogens is 482 g/mol. The highest BCUT2D eigenvalue weighted by molar-refractivity contribution is 9.10. The minimum absolute atomic E-state index is 0.152. The first-order valence-corrected chi connectivity index (χ1v) is 12.9. The van der Waals surface area contributed by atoms with Crippen LogP contribution in [0.2, 0.25) is 0 Å². The van der Waals surface area contributed by atoms with E-state index in [1.165, 1.54) is 10.4 Å². The lowest BCUT2D eigenvalue weighted by molar-refractivity contribution is 0.0494. The molecule has 1 atom stereocenters. The van der Waals surface area contributed by atoms with Gasteiger partial charge in [-0.3, -0.25) is 4.31 Å². The topological polar surface area (TPSA) is 76.1 Å². The van der Waals surface area contributed by atoms with Gasteiger partial charge >= 0.3 is 0 Å². The third-order valence-electron chi connectivity index (χ3n) is 6.09. The van der Waals surface area contributed by atoms with Gasteiger partial charge in [-0.05, 0) is 80.5 Å². The van der Waals surface area contributed by atoms with Crippen molar-refractivity contribution in [1.82, 2.24) is 0 Å². The maximum absolute atomic E-state index is 13.6. The minimum Gasteiger partial charge on any atom is -0.493 e. The zero-order valence-electron chi connectivity index (χ0n) is 17.6. The van der Waals surface area contributed by atoms with Crippen molar-refractivity contribution in [2.45, 2.75) is 50.2 Å². The molecule has 168 valence electrons. The Kier molecular flexibility index (Phi) is 6.91. The molecule has 2 aliphatic rings. The highest BCUT2D eigenvalue weighted by Crippen LogP contribution is 2.37. The molecule has 1 fully saturated rings. The number of nitrogens with zero attached hydrogens (tertiary/aromatic N) is 1. The number of rotatable bonds is 6. The summed E-state index contributed by atoms with van der Waals surface area (Å²) in [6.45, 7) is 3.66. The van der Waals surface area contributed by atoms with E-state index in [0.717, 1.165) is 48.9 Å². The molecule has 1 saturated heterocycles. The number of benzene rings is 2. The molecule has 0 radical (unpaired) electrons. The fraction of sp³-hybridized carbons (Fsp3) is 0.478. The van der Waals surface area contributed by atoms with Crippen molar-refractivity contribution in [3.63, 3.8) is 0 Å². The average molecular weight is 510 g/mol. The van der Waals surface area contributed by atoms with E-state index in [9.17, 15) is 13.5 Å². The van der Waals surface area contributed by atoms with Crippen LogP contribution in [-0.4, -0.2) is 39.4 Å². The first-order chi connectivity index (χ1) is 14.9. The number of sulfonamides is 1. The second kappa shape index (κ2) is 9.48. The van der Waals surface area contributed by atoms with Crippen molar-refractivity contribution in [3.05, 3.63) is 52.0 Å². The van der Waals surface area contributed by atoms with E-state index < -0.39 is 10.0 Å². The third-order valence-corrected chi connectivity index (χ3v) is 8.50. The molecule has 4 rings (SSSR count). The molecular formula is C23H28BrNO5S. The lowest BCUT2D eigenvalue weighted by atomic mass is 9.99. The first kappa shape index (κ1) is 22.6. The Morgan fingerprint density at radius 3 is 2.68 bits per heavy atom. The van der Waals surface area contributed by atoms with Crippen molar-refractivity contribution in [1.29, 1.82) is 0 Å². The van der Waals surface area contributed by atoms with Crippen LogP contribution >= 0.6 is 15.9 Å². The Morgan fingerprint density at radius 1 is 1.16 bits per heavy atom. The number of hydrogen-bond donors (Lipinski definition) is 1. The predicted molar refractivity (Wildman–Crippen MR) is 123 cm³/mol. The number of halogens is 1. The molecule has 2 heterocycles. The SMILES string of the molecule is CC1CCc2cc(Br)ccc2N1S(=O)(=O)c1ccc(OCC2CCOCC2)c(CO)c1. The molecule has 1 unspecified atom stereocenters. The van der Waals surface area contributed by atoms with E-state index in [4.69, 9.17) is 9.47 Å². The van der Waals surface area contributed by atoms with E-state index in [-0.39, 0.29) is 17.5 Å². The third kappa shape index (κ3) is 4.77. The second-order valence-electron chi connectivity index (χ2n) is 8.26. The number of aliphatic hydroxyl groups is 1. The van der Waals surface area contributed by atoms with Gasteiger partial charge in [0.2, 0.25) is 0 Å². The Balaban J connectivity index is 1.61. The summed E-state index contributed by atoms with van der Waals surface area (Å²) in [5, 5.41) is 9.88. The summed E-state index contributed by atoms with van der Waals surface area (Å²) < 4.78 is 41.0. The summed E-state index contributed by atoms with van der Waals surface area (Å²) in [5.41, 5.74) is 2.20. The molecule has 31 heavy (non-hydrogen) atoms. The second-order valence-corrected chi connectivity index (χ2v) is 11.0. The number of hydrogen-bond acceptors (Lipinski definition) is 5. The molecule has 8 heteroatoms. The fourth-order valence-corrected chi connectivity index (χ4v) is 6.45. The number of aryl methyl sites for hydroxylation is 1. The van der Waals surface area contributed by atoms with Crippen LogP contribution in [-0.2, 0) is 27.8 Å². The van der Waals surface area contributed by atoms with Crippen LogP contribution in [0.15, 0.2) is 45.8 Å². The Morgan fingerprint density at radius 2 is 1.94 bits per heavy atom. The van der Waals surface area contributed by atoms with E-state index in [1.807, 2.05) is 25.1 Å². The number of ether oxygens (including phenoxy) is 2. The average Bonchev–Trinajstić information content (AvgIpc) is 2.78. The van der Waals surface area contributed by atoms with Crippen LogP contribution in [0.3, 0.4) is 0 Å². The molecule has 0 bridgehead atoms. The van der Waals surface area contributed by atoms with Crippen LogP contribution in [0.1, 0.15) is 37.3 Å². The monoisotopic (exact) mass is 509 g/mol. The van der Waals surface area contributed by atoms with Crippen molar-refractivity contribution < 1.29 is 23.0 Å². The molecule has 0 aromatic heterocycles. The molecule has 2 aromatic rings. The van der Waals surface area contributed by atoms with Gasteiger partial charge < -0.3 is 14.6 Å². The maximum Gasteiger partial charge on any atom is 0.264 e. The summed E-state index contributed by atoms with van der Waals surface area (Å²) in [4.78, 5) is 0.164. The first-order valence-electron chi connectivity index (χ1n) is 10.7. The van der Waals surface area contributed by atoms with E-state index in [0.29, 0.717) is 29.5 Å². The number of fused-ring (bicyclic) bond motifs is 1. The Labute approximate surface area is 192 Å². The smallest absolute Gasteiger partial charge is 0.264 e. The van der Waals surface area contributed by atoms with Gasteiger partial charge in [-0.15, -0.1) is 0 Å². The van der Waals surface area contributed by atoms with Crippen molar-refractivity contribution in [3.8, 4) is 5.75 Å². The minimum atomic E-state index is -3.79. The molecule has 0 aliphatic carbocycles. The van der Waals surface area contributed by atoms with Crippen molar-refractivity contribution >= 4 is 31.6 Å². The molecule has 6 nitrogen and oxygen atoms in total. The summed E-state index contributed by atoms with van der Waals surface area (Å²) in [7, 11) is -3.79. The van der Waals surface area contributed by atoms with Gasteiger partial charge in [0.05, 0.1) is 23.8 Å². The van der Waals surface area contributed by atoms with E-state index >= 15 is 0 Å². The van der Waals surface area contributed by atoms with E-state index in [2.05, 4.69) is 15.9 Å². The van der Waals surface area contributed by atoms with Crippen LogP contribution in [0.4, 0.5) is 5.69 Å². The van der Waals surface area contributed by atoms with Gasteiger partial charge in [0.25, 0.3) is 10.0 Å². The van der Waals surface area contributed by atoms with Crippen LogP contribution in [0.25, 0.3) is 0 Å². The zero-order valence-corrected chi connectivity index (χ0v) is 20.0. The lowest BCUT2D eigenvalue weighted by Gasteiger charge is -2.36. The molecule has 2 aliphatic heterocycles. The molecule has 0 amide bonds. The Hall–Kier alpha value is -1.61. The standard InChI is InChI=1S/C23H28BrNO5S/c1-16-2-3-18-12-20(24)4-6-22(18)25(16)31(27,28)21-5-7-23(19(13-21)14-26)30-15-17-8-10-29-11-9-17/h4-7,12-13,16-17,26H,2-3,8-11,14-15H2,1H3. The summed E-state index contributed by atoms with van der Waals surface area (Å²) in [5.74, 6) is 0.942. The summed E-state index contributed by atoms with van der Waals surface area (Å²) in [6, 6.07) is 10.3. The molecule has 0 saturated carbocycles. The quantitative estimate of drug-likeness (QED) is 0.628.